The molecular formula is C22H30N4O2. The predicted molar refractivity (Wildman–Crippen MR) is 104 cm³/mol. The molecule has 5 aliphatic carbocycles. The van der Waals surface area contributed by atoms with Gasteiger partial charge in [-0.1, -0.05) is 17.6 Å². The van der Waals surface area contributed by atoms with Gasteiger partial charge in [-0.2, -0.15) is 0 Å². The van der Waals surface area contributed by atoms with Crippen molar-refractivity contribution in [3.63, 3.8) is 0 Å². The zero-order valence-corrected chi connectivity index (χ0v) is 16.5. The highest BCUT2D eigenvalue weighted by atomic mass is 16.3. The number of nitrogens with zero attached hydrogens (tertiary/aromatic N) is 3. The van der Waals surface area contributed by atoms with Gasteiger partial charge in [-0.25, -0.2) is 4.68 Å². The van der Waals surface area contributed by atoms with Crippen molar-refractivity contribution in [3.8, 4) is 11.8 Å². The van der Waals surface area contributed by atoms with Crippen molar-refractivity contribution >= 4 is 5.91 Å². The van der Waals surface area contributed by atoms with E-state index in [1.54, 1.807) is 10.9 Å². The number of carbonyl (C=O) groups excluding carboxylic acids is 1. The van der Waals surface area contributed by atoms with Crippen LogP contribution < -0.4 is 5.32 Å². The molecule has 5 aliphatic rings. The number of nitrogens with one attached hydrogen (secondary N) is 1. The van der Waals surface area contributed by atoms with E-state index in [9.17, 15) is 9.90 Å². The van der Waals surface area contributed by atoms with Gasteiger partial charge in [-0.15, -0.1) is 5.10 Å². The zero-order valence-electron chi connectivity index (χ0n) is 16.5. The fourth-order valence-electron chi connectivity index (χ4n) is 6.62. The molecule has 0 saturated heterocycles. The average molecular weight is 383 g/mol. The summed E-state index contributed by atoms with van der Waals surface area (Å²) in [6.45, 7) is 0.181. The average Bonchev–Trinajstić information content (AvgIpc) is 3.06. The van der Waals surface area contributed by atoms with Gasteiger partial charge in [0.05, 0.1) is 6.20 Å². The van der Waals surface area contributed by atoms with E-state index in [2.05, 4.69) is 27.5 Å². The monoisotopic (exact) mass is 382 g/mol. The SMILES string of the molecule is O=C(Cn1cc(C#CC2(O)CCCCC2)nn1)NC12CC3CC(CC(C3)C1)C2. The van der Waals surface area contributed by atoms with Crippen LogP contribution in [0.3, 0.4) is 0 Å². The zero-order chi connectivity index (χ0) is 19.2. The number of aromatic nitrogens is 3. The van der Waals surface area contributed by atoms with Crippen LogP contribution in [-0.2, 0) is 11.3 Å². The van der Waals surface area contributed by atoms with Crippen LogP contribution >= 0.6 is 0 Å². The summed E-state index contributed by atoms with van der Waals surface area (Å²) in [6, 6.07) is 0. The molecule has 2 N–H and O–H groups in total. The van der Waals surface area contributed by atoms with Crippen LogP contribution in [0.25, 0.3) is 0 Å². The number of hydrogen-bond donors (Lipinski definition) is 2. The fraction of sp³-hybridized carbons (Fsp3) is 0.773. The maximum absolute atomic E-state index is 12.7. The van der Waals surface area contributed by atoms with Crippen molar-refractivity contribution in [1.82, 2.24) is 20.3 Å². The highest BCUT2D eigenvalue weighted by Crippen LogP contribution is 2.55. The summed E-state index contributed by atoms with van der Waals surface area (Å²) in [4.78, 5) is 12.7. The number of carbonyl (C=O) groups is 1. The number of rotatable bonds is 3. The Balaban J connectivity index is 1.20. The van der Waals surface area contributed by atoms with Crippen LogP contribution in [0, 0.1) is 29.6 Å². The molecule has 0 unspecified atom stereocenters. The third-order valence-electron chi connectivity index (χ3n) is 7.39. The molecule has 5 saturated carbocycles. The van der Waals surface area contributed by atoms with E-state index in [4.69, 9.17) is 0 Å². The molecule has 6 nitrogen and oxygen atoms in total. The van der Waals surface area contributed by atoms with Crippen molar-refractivity contribution in [2.45, 2.75) is 88.3 Å². The van der Waals surface area contributed by atoms with Crippen LogP contribution in [-0.4, -0.2) is 37.1 Å². The van der Waals surface area contributed by atoms with Crippen LogP contribution in [0.4, 0.5) is 0 Å². The predicted octanol–water partition coefficient (Wildman–Crippen LogP) is 2.41. The summed E-state index contributed by atoms with van der Waals surface area (Å²) < 4.78 is 1.56. The molecule has 1 heterocycles. The molecule has 0 aromatic carbocycles. The second-order valence-corrected chi connectivity index (χ2v) is 9.89. The van der Waals surface area contributed by atoms with E-state index in [0.717, 1.165) is 62.7 Å². The molecule has 1 amide bonds. The molecule has 0 radical (unpaired) electrons. The second kappa shape index (κ2) is 6.88. The van der Waals surface area contributed by atoms with Crippen molar-refractivity contribution in [1.29, 1.82) is 0 Å². The quantitative estimate of drug-likeness (QED) is 0.787. The molecule has 150 valence electrons. The highest BCUT2D eigenvalue weighted by Gasteiger charge is 2.51. The van der Waals surface area contributed by atoms with E-state index < -0.39 is 5.60 Å². The lowest BCUT2D eigenvalue weighted by Gasteiger charge is -2.56. The Hall–Kier alpha value is -1.87. The Labute approximate surface area is 166 Å². The summed E-state index contributed by atoms with van der Waals surface area (Å²) in [5.74, 6) is 8.38. The summed E-state index contributed by atoms with van der Waals surface area (Å²) in [6.07, 6.45) is 13.9. The third-order valence-corrected chi connectivity index (χ3v) is 7.39. The van der Waals surface area contributed by atoms with Gasteiger partial charge in [-0.3, -0.25) is 4.79 Å². The largest absolute Gasteiger partial charge is 0.378 e. The van der Waals surface area contributed by atoms with Gasteiger partial charge in [0.25, 0.3) is 0 Å². The minimum atomic E-state index is -0.891. The highest BCUT2D eigenvalue weighted by molar-refractivity contribution is 5.76. The molecule has 0 spiro atoms. The smallest absolute Gasteiger partial charge is 0.242 e. The first-order chi connectivity index (χ1) is 13.5. The second-order valence-electron chi connectivity index (χ2n) is 9.89. The summed E-state index contributed by atoms with van der Waals surface area (Å²) in [5.41, 5.74) is -0.349. The lowest BCUT2D eigenvalue weighted by molar-refractivity contribution is -0.127. The van der Waals surface area contributed by atoms with Crippen molar-refractivity contribution in [3.05, 3.63) is 11.9 Å². The van der Waals surface area contributed by atoms with Gasteiger partial charge in [0, 0.05) is 5.54 Å². The standard InChI is InChI=1S/C22H30N4O2/c27-20(23-21-11-16-8-17(12-21)10-18(9-16)13-21)15-26-14-19(24-25-26)4-7-22(28)5-2-1-3-6-22/h14,16-18,28H,1-3,5-6,8-13,15H2,(H,23,27). The Morgan fingerprint density at radius 3 is 2.43 bits per heavy atom. The molecule has 1 aromatic heterocycles. The summed E-state index contributed by atoms with van der Waals surface area (Å²) >= 11 is 0. The molecule has 28 heavy (non-hydrogen) atoms. The lowest BCUT2D eigenvalue weighted by atomic mass is 9.53. The molecule has 0 aliphatic heterocycles. The fourth-order valence-corrected chi connectivity index (χ4v) is 6.62. The Bertz CT molecular complexity index is 777. The van der Waals surface area contributed by atoms with Crippen LogP contribution in [0.1, 0.15) is 76.3 Å². The number of amides is 1. The van der Waals surface area contributed by atoms with Gasteiger partial charge < -0.3 is 10.4 Å². The van der Waals surface area contributed by atoms with E-state index in [1.165, 1.54) is 25.7 Å². The molecule has 4 bridgehead atoms. The maximum Gasteiger partial charge on any atom is 0.242 e. The minimum absolute atomic E-state index is 0.0252. The summed E-state index contributed by atoms with van der Waals surface area (Å²) in [7, 11) is 0. The third kappa shape index (κ3) is 3.69. The Morgan fingerprint density at radius 1 is 1.14 bits per heavy atom. The molecule has 6 heteroatoms. The van der Waals surface area contributed by atoms with Crippen molar-refractivity contribution in [2.75, 3.05) is 0 Å². The summed E-state index contributed by atoms with van der Waals surface area (Å²) in [5, 5.41) is 22.0. The van der Waals surface area contributed by atoms with E-state index in [-0.39, 0.29) is 18.0 Å². The molecule has 5 fully saturated rings. The van der Waals surface area contributed by atoms with Gasteiger partial charge in [0.15, 0.2) is 5.69 Å². The van der Waals surface area contributed by atoms with Gasteiger partial charge in [-0.05, 0) is 87.9 Å². The molecular weight excluding hydrogens is 352 g/mol. The maximum atomic E-state index is 12.7. The molecule has 0 atom stereocenters. The number of hydrogen-bond acceptors (Lipinski definition) is 4. The minimum Gasteiger partial charge on any atom is -0.378 e. The first-order valence-electron chi connectivity index (χ1n) is 11.0. The van der Waals surface area contributed by atoms with E-state index >= 15 is 0 Å². The van der Waals surface area contributed by atoms with Crippen LogP contribution in [0.2, 0.25) is 0 Å². The van der Waals surface area contributed by atoms with E-state index in [0.29, 0.717) is 5.69 Å². The topological polar surface area (TPSA) is 80.0 Å². The first-order valence-corrected chi connectivity index (χ1v) is 11.0. The van der Waals surface area contributed by atoms with Crippen LogP contribution in [0.5, 0.6) is 0 Å². The van der Waals surface area contributed by atoms with Crippen LogP contribution in [0.15, 0.2) is 6.20 Å². The Morgan fingerprint density at radius 2 is 1.79 bits per heavy atom. The lowest BCUT2D eigenvalue weighted by Crippen LogP contribution is -2.60. The van der Waals surface area contributed by atoms with E-state index in [1.807, 2.05) is 0 Å². The normalized spacial score (nSPS) is 35.2. The van der Waals surface area contributed by atoms with Crippen molar-refractivity contribution < 1.29 is 9.90 Å². The van der Waals surface area contributed by atoms with Gasteiger partial charge in [0.1, 0.15) is 12.1 Å². The molecule has 6 rings (SSSR count). The number of aliphatic hydroxyl groups is 1. The molecule has 1 aromatic rings. The Kier molecular flexibility index (Phi) is 4.46. The van der Waals surface area contributed by atoms with Gasteiger partial charge in [0.2, 0.25) is 5.91 Å². The first kappa shape index (κ1) is 18.2. The van der Waals surface area contributed by atoms with Gasteiger partial charge >= 0.3 is 0 Å². The van der Waals surface area contributed by atoms with Crippen molar-refractivity contribution in [2.24, 2.45) is 17.8 Å².